The highest BCUT2D eigenvalue weighted by Crippen LogP contribution is 2.31. The van der Waals surface area contributed by atoms with Crippen LogP contribution in [-0.4, -0.2) is 64.2 Å². The summed E-state index contributed by atoms with van der Waals surface area (Å²) in [4.78, 5) is 39.2. The van der Waals surface area contributed by atoms with Crippen molar-refractivity contribution >= 4 is 33.0 Å². The van der Waals surface area contributed by atoms with Crippen LogP contribution in [0.25, 0.3) is 11.0 Å². The molecule has 36 heavy (non-hydrogen) atoms. The number of hydrogen-bond donors (Lipinski definition) is 2. The predicted molar refractivity (Wildman–Crippen MR) is 136 cm³/mol. The first-order chi connectivity index (χ1) is 17.0. The van der Waals surface area contributed by atoms with Gasteiger partial charge in [0, 0.05) is 19.5 Å². The Morgan fingerprint density at radius 1 is 1.06 bits per heavy atom. The molecule has 1 aromatic carbocycles. The number of imidazole rings is 1. The maximum atomic E-state index is 13.0. The molecule has 1 aliphatic carbocycles. The number of aryl methyl sites for hydroxylation is 1. The quantitative estimate of drug-likeness (QED) is 0.294. The van der Waals surface area contributed by atoms with E-state index in [2.05, 4.69) is 17.3 Å². The fourth-order valence-corrected chi connectivity index (χ4v) is 6.29. The number of fused-ring (bicyclic) bond motifs is 1. The van der Waals surface area contributed by atoms with Crippen molar-refractivity contribution in [1.82, 2.24) is 19.4 Å². The number of carbonyl (C=O) groups is 2. The minimum Gasteiger partial charge on any atom is -0.303 e. The van der Waals surface area contributed by atoms with Crippen LogP contribution in [0.4, 0.5) is 0 Å². The third kappa shape index (κ3) is 6.07. The summed E-state index contributed by atoms with van der Waals surface area (Å²) in [6.45, 7) is 0.819. The summed E-state index contributed by atoms with van der Waals surface area (Å²) in [7, 11) is -0.0812. The van der Waals surface area contributed by atoms with Gasteiger partial charge in [-0.15, -0.1) is 0 Å². The van der Waals surface area contributed by atoms with Crippen LogP contribution >= 0.6 is 0 Å². The molecule has 1 saturated heterocycles. The van der Waals surface area contributed by atoms with Crippen LogP contribution in [0.3, 0.4) is 0 Å². The summed E-state index contributed by atoms with van der Waals surface area (Å²) in [6, 6.07) is 5.81. The number of amides is 2. The molecule has 1 atom stereocenters. The van der Waals surface area contributed by atoms with E-state index in [9.17, 15) is 22.8 Å². The van der Waals surface area contributed by atoms with Crippen LogP contribution in [0.2, 0.25) is 0 Å². The van der Waals surface area contributed by atoms with Gasteiger partial charge in [-0.25, -0.2) is 4.79 Å². The van der Waals surface area contributed by atoms with E-state index in [0.29, 0.717) is 30.3 Å². The topological polar surface area (TPSA) is 131 Å². The number of nitrogens with zero attached hydrogens (tertiary/aromatic N) is 3. The van der Waals surface area contributed by atoms with E-state index in [-0.39, 0.29) is 23.8 Å². The van der Waals surface area contributed by atoms with E-state index in [0.717, 1.165) is 50.6 Å². The molecule has 11 heteroatoms. The normalized spacial score (nSPS) is 23.4. The van der Waals surface area contributed by atoms with Gasteiger partial charge in [-0.1, -0.05) is 6.07 Å². The summed E-state index contributed by atoms with van der Waals surface area (Å²) in [5, 5.41) is 2.34. The number of carbonyl (C=O) groups excluding carboxylic acids is 2. The molecule has 2 N–H and O–H groups in total. The summed E-state index contributed by atoms with van der Waals surface area (Å²) in [5.74, 6) is -0.351. The van der Waals surface area contributed by atoms with Gasteiger partial charge in [0.15, 0.2) is 0 Å². The lowest BCUT2D eigenvalue weighted by atomic mass is 9.82. The molecule has 1 unspecified atom stereocenters. The summed E-state index contributed by atoms with van der Waals surface area (Å²) < 4.78 is 33.7. The number of benzene rings is 1. The number of hydrogen-bond acceptors (Lipinski definition) is 6. The predicted octanol–water partition coefficient (Wildman–Crippen LogP) is 2.02. The molecule has 0 spiro atoms. The van der Waals surface area contributed by atoms with Crippen molar-refractivity contribution in [2.45, 2.75) is 69.9 Å². The largest absolute Gasteiger partial charge is 0.329 e. The van der Waals surface area contributed by atoms with Crippen LogP contribution in [-0.2, 0) is 33.2 Å². The second kappa shape index (κ2) is 10.9. The van der Waals surface area contributed by atoms with Crippen molar-refractivity contribution in [3.8, 4) is 0 Å². The number of imide groups is 1. The first-order valence-corrected chi connectivity index (χ1v) is 14.3. The minimum absolute atomic E-state index is 0.180. The van der Waals surface area contributed by atoms with Gasteiger partial charge in [0.2, 0.25) is 11.8 Å². The lowest BCUT2D eigenvalue weighted by Gasteiger charge is -2.35. The smallest absolute Gasteiger partial charge is 0.303 e. The number of nitrogens with one attached hydrogen (secondary N) is 1. The maximum absolute atomic E-state index is 13.0. The Balaban J connectivity index is 1.36. The van der Waals surface area contributed by atoms with Gasteiger partial charge >= 0.3 is 5.69 Å². The molecule has 10 nitrogen and oxygen atoms in total. The zero-order valence-corrected chi connectivity index (χ0v) is 21.8. The fraction of sp³-hybridized carbons (Fsp3) is 0.640. The Morgan fingerprint density at radius 3 is 2.44 bits per heavy atom. The highest BCUT2D eigenvalue weighted by molar-refractivity contribution is 7.85. The van der Waals surface area contributed by atoms with Crippen molar-refractivity contribution in [1.29, 1.82) is 0 Å². The second-order valence-corrected chi connectivity index (χ2v) is 11.9. The number of aromatic nitrogens is 2. The Kier molecular flexibility index (Phi) is 8.01. The third-order valence-electron chi connectivity index (χ3n) is 7.80. The highest BCUT2D eigenvalue weighted by Gasteiger charge is 2.31. The van der Waals surface area contributed by atoms with Gasteiger partial charge in [0.25, 0.3) is 10.1 Å². The zero-order chi connectivity index (χ0) is 26.0. The van der Waals surface area contributed by atoms with Crippen LogP contribution in [0.5, 0.6) is 0 Å². The molecule has 1 saturated carbocycles. The minimum atomic E-state index is -3.88. The molecule has 4 rings (SSSR count). The number of piperidine rings is 1. The van der Waals surface area contributed by atoms with Gasteiger partial charge in [-0.05, 0) is 88.6 Å². The van der Waals surface area contributed by atoms with Crippen LogP contribution < -0.4 is 11.0 Å². The molecular formula is C25H36N4O6S. The van der Waals surface area contributed by atoms with Crippen molar-refractivity contribution in [3.05, 3.63) is 34.2 Å². The first kappa shape index (κ1) is 26.6. The molecule has 2 amide bonds. The molecular weight excluding hydrogens is 484 g/mol. The lowest BCUT2D eigenvalue weighted by Crippen LogP contribution is -2.44. The van der Waals surface area contributed by atoms with E-state index in [1.165, 1.54) is 10.1 Å². The van der Waals surface area contributed by atoms with Crippen molar-refractivity contribution in [2.24, 2.45) is 13.0 Å². The molecule has 2 aromatic rings. The van der Waals surface area contributed by atoms with Crippen molar-refractivity contribution in [2.75, 3.05) is 19.3 Å². The molecule has 1 aromatic heterocycles. The molecule has 198 valence electrons. The zero-order valence-electron chi connectivity index (χ0n) is 21.0. The van der Waals surface area contributed by atoms with Gasteiger partial charge in [0.1, 0.15) is 6.04 Å². The molecule has 2 heterocycles. The molecule has 2 fully saturated rings. The molecule has 0 radical (unpaired) electrons. The Morgan fingerprint density at radius 2 is 1.78 bits per heavy atom. The van der Waals surface area contributed by atoms with Gasteiger partial charge in [-0.3, -0.25) is 28.6 Å². The van der Waals surface area contributed by atoms with Crippen LogP contribution in [0.15, 0.2) is 23.0 Å². The van der Waals surface area contributed by atoms with Crippen LogP contribution in [0.1, 0.15) is 63.0 Å². The van der Waals surface area contributed by atoms with Gasteiger partial charge in [0.05, 0.1) is 16.8 Å². The molecule has 1 aliphatic heterocycles. The van der Waals surface area contributed by atoms with Crippen molar-refractivity contribution in [3.63, 3.8) is 0 Å². The Labute approximate surface area is 211 Å². The third-order valence-corrected chi connectivity index (χ3v) is 8.61. The summed E-state index contributed by atoms with van der Waals surface area (Å²) >= 11 is 0. The van der Waals surface area contributed by atoms with Crippen LogP contribution in [0, 0.1) is 5.92 Å². The van der Waals surface area contributed by atoms with Gasteiger partial charge < -0.3 is 4.90 Å². The average Bonchev–Trinajstić information content (AvgIpc) is 3.06. The van der Waals surface area contributed by atoms with E-state index in [4.69, 9.17) is 4.55 Å². The van der Waals surface area contributed by atoms with Crippen molar-refractivity contribution < 1.29 is 22.6 Å². The number of unbranched alkanes of at least 4 members (excludes halogenated alkanes) is 1. The monoisotopic (exact) mass is 520 g/mol. The standard InChI is InChI=1S/C25H36N4O6S/c1-27(13-3-4-14-36(33,34)35)19-8-5-17(6-9-19)15-18-7-10-20-22(16-18)28(2)25(32)29(20)21-11-12-23(30)26-24(21)31/h7,10,16-17,19,21H,3-6,8-9,11-15H2,1-2H3,(H,26,30,31)(H,33,34,35). The van der Waals surface area contributed by atoms with E-state index < -0.39 is 22.1 Å². The first-order valence-electron chi connectivity index (χ1n) is 12.7. The summed E-state index contributed by atoms with van der Waals surface area (Å²) in [5.41, 5.74) is 2.41. The SMILES string of the molecule is CN(CCCCS(=O)(=O)O)C1CCC(Cc2ccc3c(c2)n(C)c(=O)n3C2CCC(=O)NC2=O)CC1. The van der Waals surface area contributed by atoms with E-state index in [1.807, 2.05) is 18.2 Å². The lowest BCUT2D eigenvalue weighted by molar-refractivity contribution is -0.135. The maximum Gasteiger partial charge on any atom is 0.329 e. The Hall–Kier alpha value is -2.50. The van der Waals surface area contributed by atoms with E-state index >= 15 is 0 Å². The van der Waals surface area contributed by atoms with Gasteiger partial charge in [-0.2, -0.15) is 8.42 Å². The van der Waals surface area contributed by atoms with E-state index in [1.54, 1.807) is 11.6 Å². The molecule has 2 aliphatic rings. The fourth-order valence-electron chi connectivity index (χ4n) is 5.72. The molecule has 0 bridgehead atoms. The highest BCUT2D eigenvalue weighted by atomic mass is 32.2. The summed E-state index contributed by atoms with van der Waals surface area (Å²) in [6.07, 6.45) is 7.07. The Bertz CT molecular complexity index is 1290. The average molecular weight is 521 g/mol. The second-order valence-electron chi connectivity index (χ2n) is 10.4. The number of rotatable bonds is 9.